The molecule has 0 fully saturated rings. The number of pyridine rings is 1. The Morgan fingerprint density at radius 3 is 2.83 bits per heavy atom. The second-order valence-electron chi connectivity index (χ2n) is 3.93. The van der Waals surface area contributed by atoms with Crippen molar-refractivity contribution in [2.24, 2.45) is 7.05 Å². The lowest BCUT2D eigenvalue weighted by Crippen LogP contribution is -2.10. The summed E-state index contributed by atoms with van der Waals surface area (Å²) in [5, 5.41) is 4.19. The Morgan fingerprint density at radius 1 is 1.56 bits per heavy atom. The normalized spacial score (nSPS) is 10.7. The maximum Gasteiger partial charge on any atom is 0.171 e. The summed E-state index contributed by atoms with van der Waals surface area (Å²) in [6.07, 6.45) is 2.54. The molecule has 2 aromatic heterocycles. The number of Topliss-reactive ketones (excluding diaryl/α,β-unsaturated/α-hetero) is 1. The van der Waals surface area contributed by atoms with Crippen molar-refractivity contribution in [3.8, 4) is 0 Å². The van der Waals surface area contributed by atoms with Crippen LogP contribution in [-0.2, 0) is 13.5 Å². The van der Waals surface area contributed by atoms with Gasteiger partial charge in [0, 0.05) is 13.2 Å². The van der Waals surface area contributed by atoms with Gasteiger partial charge in [-0.05, 0) is 28.9 Å². The minimum atomic E-state index is -0.600. The number of carbonyl (C=O) groups excluding carboxylic acids is 1. The van der Waals surface area contributed by atoms with E-state index in [2.05, 4.69) is 26.0 Å². The monoisotopic (exact) mass is 311 g/mol. The Morgan fingerprint density at radius 2 is 2.28 bits per heavy atom. The van der Waals surface area contributed by atoms with Crippen molar-refractivity contribution in [2.45, 2.75) is 13.3 Å². The first-order valence-electron chi connectivity index (χ1n) is 5.31. The maximum atomic E-state index is 13.4. The van der Waals surface area contributed by atoms with Crippen LogP contribution in [-0.4, -0.2) is 20.5 Å². The summed E-state index contributed by atoms with van der Waals surface area (Å²) in [6.45, 7) is 1.84. The molecule has 0 atom stereocenters. The molecule has 0 aromatic carbocycles. The highest BCUT2D eigenvalue weighted by Gasteiger charge is 2.17. The van der Waals surface area contributed by atoms with Gasteiger partial charge in [0.15, 0.2) is 11.6 Å². The van der Waals surface area contributed by atoms with Gasteiger partial charge >= 0.3 is 0 Å². The second-order valence-corrected chi connectivity index (χ2v) is 4.72. The third kappa shape index (κ3) is 2.33. The molecule has 18 heavy (non-hydrogen) atoms. The average molecular weight is 312 g/mol. The molecular weight excluding hydrogens is 301 g/mol. The van der Waals surface area contributed by atoms with Crippen LogP contribution in [0, 0.1) is 12.7 Å². The van der Waals surface area contributed by atoms with Crippen LogP contribution in [0.25, 0.3) is 0 Å². The average Bonchev–Trinajstić information content (AvgIpc) is 2.56. The molecule has 0 aliphatic heterocycles. The topological polar surface area (TPSA) is 47.8 Å². The molecule has 0 spiro atoms. The summed E-state index contributed by atoms with van der Waals surface area (Å²) >= 11 is 3.38. The summed E-state index contributed by atoms with van der Waals surface area (Å²) < 4.78 is 15.8. The molecule has 2 heterocycles. The molecular formula is C12H11BrFN3O. The van der Waals surface area contributed by atoms with Crippen molar-refractivity contribution >= 4 is 21.7 Å². The molecule has 0 N–H and O–H groups in total. The van der Waals surface area contributed by atoms with E-state index in [1.54, 1.807) is 11.7 Å². The lowest BCUT2D eigenvalue weighted by molar-refractivity contribution is 0.0986. The number of ketones is 1. The summed E-state index contributed by atoms with van der Waals surface area (Å²) in [7, 11) is 1.75. The summed E-state index contributed by atoms with van der Waals surface area (Å²) in [5.74, 6) is -0.892. The van der Waals surface area contributed by atoms with Crippen molar-refractivity contribution in [1.82, 2.24) is 14.8 Å². The number of halogens is 2. The summed E-state index contributed by atoms with van der Waals surface area (Å²) in [6, 6.07) is 1.38. The molecule has 0 bridgehead atoms. The number of aryl methyl sites for hydroxylation is 2. The van der Waals surface area contributed by atoms with E-state index in [-0.39, 0.29) is 17.8 Å². The van der Waals surface area contributed by atoms with Crippen molar-refractivity contribution in [3.63, 3.8) is 0 Å². The SMILES string of the molecule is Cc1nn(C)c(CC(=O)c2ccncc2F)c1Br. The van der Waals surface area contributed by atoms with E-state index in [9.17, 15) is 9.18 Å². The fourth-order valence-electron chi connectivity index (χ4n) is 1.72. The van der Waals surface area contributed by atoms with E-state index in [0.29, 0.717) is 0 Å². The van der Waals surface area contributed by atoms with Crippen LogP contribution in [0.5, 0.6) is 0 Å². The number of hydrogen-bond donors (Lipinski definition) is 0. The van der Waals surface area contributed by atoms with Crippen molar-refractivity contribution < 1.29 is 9.18 Å². The largest absolute Gasteiger partial charge is 0.294 e. The van der Waals surface area contributed by atoms with Crippen LogP contribution in [0.2, 0.25) is 0 Å². The first-order chi connectivity index (χ1) is 8.50. The van der Waals surface area contributed by atoms with Crippen LogP contribution < -0.4 is 0 Å². The van der Waals surface area contributed by atoms with Gasteiger partial charge in [-0.3, -0.25) is 14.5 Å². The zero-order valence-electron chi connectivity index (χ0n) is 9.94. The number of hydrogen-bond acceptors (Lipinski definition) is 3. The van der Waals surface area contributed by atoms with Gasteiger partial charge in [0.1, 0.15) is 0 Å². The van der Waals surface area contributed by atoms with Gasteiger partial charge < -0.3 is 0 Å². The molecule has 0 saturated carbocycles. The van der Waals surface area contributed by atoms with Crippen molar-refractivity contribution in [3.05, 3.63) is 45.7 Å². The van der Waals surface area contributed by atoms with E-state index in [1.165, 1.54) is 12.3 Å². The fraction of sp³-hybridized carbons (Fsp3) is 0.250. The highest BCUT2D eigenvalue weighted by molar-refractivity contribution is 9.10. The summed E-state index contributed by atoms with van der Waals surface area (Å²) in [4.78, 5) is 15.6. The third-order valence-corrected chi connectivity index (χ3v) is 3.69. The first kappa shape index (κ1) is 12.9. The van der Waals surface area contributed by atoms with Gasteiger partial charge in [-0.1, -0.05) is 0 Å². The molecule has 0 radical (unpaired) electrons. The first-order valence-corrected chi connectivity index (χ1v) is 6.10. The van der Waals surface area contributed by atoms with Crippen molar-refractivity contribution in [1.29, 1.82) is 0 Å². The molecule has 94 valence electrons. The van der Waals surface area contributed by atoms with E-state index >= 15 is 0 Å². The molecule has 2 aromatic rings. The maximum absolute atomic E-state index is 13.4. The predicted octanol–water partition coefficient (Wildman–Crippen LogP) is 2.45. The van der Waals surface area contributed by atoms with Gasteiger partial charge in [0.05, 0.1) is 34.0 Å². The Balaban J connectivity index is 2.30. The quantitative estimate of drug-likeness (QED) is 0.818. The van der Waals surface area contributed by atoms with Crippen LogP contribution in [0.3, 0.4) is 0 Å². The standard InChI is InChI=1S/C12H11BrFN3O/c1-7-12(13)10(17(2)16-7)5-11(18)8-3-4-15-6-9(8)14/h3-4,6H,5H2,1-2H3. The molecule has 4 nitrogen and oxygen atoms in total. The predicted molar refractivity (Wildman–Crippen MR) is 67.9 cm³/mol. The molecule has 2 rings (SSSR count). The number of rotatable bonds is 3. The van der Waals surface area contributed by atoms with Crippen LogP contribution in [0.15, 0.2) is 22.9 Å². The molecule has 0 aliphatic rings. The van der Waals surface area contributed by atoms with Crippen LogP contribution >= 0.6 is 15.9 Å². The second kappa shape index (κ2) is 4.97. The Bertz CT molecular complexity index is 609. The Kier molecular flexibility index (Phi) is 3.56. The fourth-order valence-corrected chi connectivity index (χ4v) is 2.20. The van der Waals surface area contributed by atoms with E-state index in [0.717, 1.165) is 22.1 Å². The minimum absolute atomic E-state index is 0.0516. The van der Waals surface area contributed by atoms with Gasteiger partial charge in [0.2, 0.25) is 0 Å². The lowest BCUT2D eigenvalue weighted by atomic mass is 10.1. The zero-order chi connectivity index (χ0) is 13.3. The smallest absolute Gasteiger partial charge is 0.171 e. The minimum Gasteiger partial charge on any atom is -0.294 e. The molecule has 0 unspecified atom stereocenters. The molecule has 0 saturated heterocycles. The van der Waals surface area contributed by atoms with Gasteiger partial charge in [-0.15, -0.1) is 0 Å². The zero-order valence-corrected chi connectivity index (χ0v) is 11.5. The number of aromatic nitrogens is 3. The van der Waals surface area contributed by atoms with Gasteiger partial charge in [0.25, 0.3) is 0 Å². The number of nitrogens with zero attached hydrogens (tertiary/aromatic N) is 3. The lowest BCUT2D eigenvalue weighted by Gasteiger charge is -2.03. The van der Waals surface area contributed by atoms with Gasteiger partial charge in [-0.25, -0.2) is 4.39 Å². The Hall–Kier alpha value is -1.56. The highest BCUT2D eigenvalue weighted by atomic mass is 79.9. The Labute approximate surface area is 112 Å². The number of carbonyl (C=O) groups is 1. The van der Waals surface area contributed by atoms with E-state index in [4.69, 9.17) is 0 Å². The third-order valence-electron chi connectivity index (χ3n) is 2.66. The van der Waals surface area contributed by atoms with Crippen LogP contribution in [0.4, 0.5) is 4.39 Å². The molecule has 0 amide bonds. The van der Waals surface area contributed by atoms with Gasteiger partial charge in [-0.2, -0.15) is 5.10 Å². The van der Waals surface area contributed by atoms with E-state index < -0.39 is 5.82 Å². The van der Waals surface area contributed by atoms with Crippen LogP contribution in [0.1, 0.15) is 21.7 Å². The summed E-state index contributed by atoms with van der Waals surface area (Å²) in [5.41, 5.74) is 1.58. The van der Waals surface area contributed by atoms with E-state index in [1.807, 2.05) is 6.92 Å². The molecule has 6 heteroatoms. The van der Waals surface area contributed by atoms with Crippen molar-refractivity contribution in [2.75, 3.05) is 0 Å². The molecule has 0 aliphatic carbocycles. The highest BCUT2D eigenvalue weighted by Crippen LogP contribution is 2.22.